The number of likely N-dealkylation sites (tertiary alicyclic amines) is 1. The molecule has 1 aliphatic rings. The first-order valence-electron chi connectivity index (χ1n) is 7.34. The van der Waals surface area contributed by atoms with Gasteiger partial charge in [0.1, 0.15) is 0 Å². The maximum Gasteiger partial charge on any atom is 0.0485 e. The summed E-state index contributed by atoms with van der Waals surface area (Å²) in [5.41, 5.74) is 1.78. The molecular formula is C16H25BrN2. The second-order valence-corrected chi connectivity index (χ2v) is 6.77. The highest BCUT2D eigenvalue weighted by atomic mass is 79.9. The molecule has 0 bridgehead atoms. The molecule has 0 aromatic heterocycles. The minimum atomic E-state index is 0.590. The third-order valence-corrected chi connectivity index (χ3v) is 5.23. The van der Waals surface area contributed by atoms with Crippen LogP contribution >= 0.6 is 15.9 Å². The zero-order valence-electron chi connectivity index (χ0n) is 12.1. The van der Waals surface area contributed by atoms with E-state index in [0.29, 0.717) is 5.41 Å². The van der Waals surface area contributed by atoms with Crippen LogP contribution in [0.15, 0.2) is 28.7 Å². The molecule has 0 radical (unpaired) electrons. The van der Waals surface area contributed by atoms with Gasteiger partial charge >= 0.3 is 0 Å². The first kappa shape index (κ1) is 14.9. The van der Waals surface area contributed by atoms with Crippen molar-refractivity contribution in [2.24, 2.45) is 5.41 Å². The molecule has 0 saturated carbocycles. The van der Waals surface area contributed by atoms with Crippen molar-refractivity contribution in [1.82, 2.24) is 4.90 Å². The lowest BCUT2D eigenvalue weighted by molar-refractivity contribution is 0.118. The Morgan fingerprint density at radius 3 is 2.58 bits per heavy atom. The van der Waals surface area contributed by atoms with E-state index in [9.17, 15) is 0 Å². The summed E-state index contributed by atoms with van der Waals surface area (Å²) in [6.07, 6.45) is 4.01. The Morgan fingerprint density at radius 1 is 1.26 bits per heavy atom. The SMILES string of the molecule is CCC1(C)CCN(CCNc2ccccc2Br)CC1. The van der Waals surface area contributed by atoms with Gasteiger partial charge in [0.15, 0.2) is 0 Å². The lowest BCUT2D eigenvalue weighted by Crippen LogP contribution is -2.40. The molecule has 1 aliphatic heterocycles. The van der Waals surface area contributed by atoms with Gasteiger partial charge in [-0.3, -0.25) is 0 Å². The van der Waals surface area contributed by atoms with Crippen LogP contribution in [0.3, 0.4) is 0 Å². The Hall–Kier alpha value is -0.540. The molecule has 0 unspecified atom stereocenters. The molecule has 2 nitrogen and oxygen atoms in total. The van der Waals surface area contributed by atoms with Crippen molar-refractivity contribution in [2.45, 2.75) is 33.1 Å². The zero-order valence-corrected chi connectivity index (χ0v) is 13.7. The highest BCUT2D eigenvalue weighted by molar-refractivity contribution is 9.10. The van der Waals surface area contributed by atoms with Crippen LogP contribution in [0.5, 0.6) is 0 Å². The summed E-state index contributed by atoms with van der Waals surface area (Å²) < 4.78 is 1.15. The largest absolute Gasteiger partial charge is 0.383 e. The number of nitrogens with zero attached hydrogens (tertiary/aromatic N) is 1. The van der Waals surface area contributed by atoms with Crippen LogP contribution in [0.2, 0.25) is 0 Å². The molecule has 1 aromatic carbocycles. The van der Waals surface area contributed by atoms with E-state index in [1.54, 1.807) is 0 Å². The smallest absolute Gasteiger partial charge is 0.0485 e. The molecule has 106 valence electrons. The number of anilines is 1. The summed E-state index contributed by atoms with van der Waals surface area (Å²) in [6.45, 7) is 9.42. The molecule has 3 heteroatoms. The molecule has 0 amide bonds. The van der Waals surface area contributed by atoms with E-state index < -0.39 is 0 Å². The van der Waals surface area contributed by atoms with Crippen LogP contribution in [-0.2, 0) is 0 Å². The lowest BCUT2D eigenvalue weighted by Gasteiger charge is -2.39. The second kappa shape index (κ2) is 6.76. The third-order valence-electron chi connectivity index (χ3n) is 4.53. The standard InChI is InChI=1S/C16H25BrN2/c1-3-16(2)8-11-19(12-9-16)13-10-18-15-7-5-4-6-14(15)17/h4-7,18H,3,8-13H2,1-2H3. The predicted octanol–water partition coefficient (Wildman–Crippen LogP) is 4.37. The number of para-hydroxylation sites is 1. The van der Waals surface area contributed by atoms with Crippen LogP contribution in [0.1, 0.15) is 33.1 Å². The van der Waals surface area contributed by atoms with Gasteiger partial charge in [-0.15, -0.1) is 0 Å². The van der Waals surface area contributed by atoms with Crippen molar-refractivity contribution in [3.8, 4) is 0 Å². The Labute approximate surface area is 125 Å². The van der Waals surface area contributed by atoms with E-state index in [0.717, 1.165) is 17.6 Å². The first-order valence-corrected chi connectivity index (χ1v) is 8.13. The van der Waals surface area contributed by atoms with Crippen LogP contribution in [0, 0.1) is 5.41 Å². The third kappa shape index (κ3) is 4.22. The molecule has 0 spiro atoms. The highest BCUT2D eigenvalue weighted by Gasteiger charge is 2.27. The van der Waals surface area contributed by atoms with E-state index in [4.69, 9.17) is 0 Å². The van der Waals surface area contributed by atoms with Crippen molar-refractivity contribution in [2.75, 3.05) is 31.5 Å². The molecule has 0 atom stereocenters. The Balaban J connectivity index is 1.72. The van der Waals surface area contributed by atoms with Gasteiger partial charge < -0.3 is 10.2 Å². The predicted molar refractivity (Wildman–Crippen MR) is 86.7 cm³/mol. The van der Waals surface area contributed by atoms with Crippen LogP contribution in [0.25, 0.3) is 0 Å². The Bertz CT molecular complexity index is 397. The first-order chi connectivity index (χ1) is 9.13. The summed E-state index contributed by atoms with van der Waals surface area (Å²) in [5.74, 6) is 0. The summed E-state index contributed by atoms with van der Waals surface area (Å²) in [4.78, 5) is 2.58. The highest BCUT2D eigenvalue weighted by Crippen LogP contribution is 2.33. The molecule has 1 aromatic rings. The normalized spacial score (nSPS) is 19.3. The van der Waals surface area contributed by atoms with Gasteiger partial charge in [0.05, 0.1) is 0 Å². The van der Waals surface area contributed by atoms with Crippen molar-refractivity contribution >= 4 is 21.6 Å². The number of halogens is 1. The van der Waals surface area contributed by atoms with E-state index in [1.807, 2.05) is 6.07 Å². The van der Waals surface area contributed by atoms with Gasteiger partial charge in [0.2, 0.25) is 0 Å². The van der Waals surface area contributed by atoms with Gasteiger partial charge in [-0.1, -0.05) is 32.4 Å². The second-order valence-electron chi connectivity index (χ2n) is 5.91. The summed E-state index contributed by atoms with van der Waals surface area (Å²) in [7, 11) is 0. The molecule has 1 N–H and O–H groups in total. The molecule has 1 heterocycles. The maximum absolute atomic E-state index is 3.57. The number of rotatable bonds is 5. The summed E-state index contributed by atoms with van der Waals surface area (Å²) >= 11 is 3.57. The average Bonchev–Trinajstić information content (AvgIpc) is 2.43. The number of hydrogen-bond acceptors (Lipinski definition) is 2. The van der Waals surface area contributed by atoms with E-state index >= 15 is 0 Å². The minimum Gasteiger partial charge on any atom is -0.383 e. The number of piperidine rings is 1. The van der Waals surface area contributed by atoms with Crippen LogP contribution in [-0.4, -0.2) is 31.1 Å². The van der Waals surface area contributed by atoms with Crippen LogP contribution < -0.4 is 5.32 Å². The summed E-state index contributed by atoms with van der Waals surface area (Å²) in [6, 6.07) is 8.32. The zero-order chi connectivity index (χ0) is 13.7. The van der Waals surface area contributed by atoms with Gasteiger partial charge in [-0.05, 0) is 59.4 Å². The monoisotopic (exact) mass is 324 g/mol. The maximum atomic E-state index is 3.57. The molecular weight excluding hydrogens is 300 g/mol. The van der Waals surface area contributed by atoms with Gasteiger partial charge in [-0.25, -0.2) is 0 Å². The van der Waals surface area contributed by atoms with E-state index in [-0.39, 0.29) is 0 Å². The van der Waals surface area contributed by atoms with Gasteiger partial charge in [0, 0.05) is 23.2 Å². The van der Waals surface area contributed by atoms with Crippen molar-refractivity contribution in [3.63, 3.8) is 0 Å². The lowest BCUT2D eigenvalue weighted by atomic mass is 9.78. The van der Waals surface area contributed by atoms with E-state index in [1.165, 1.54) is 38.0 Å². The summed E-state index contributed by atoms with van der Waals surface area (Å²) in [5, 5.41) is 3.51. The topological polar surface area (TPSA) is 15.3 Å². The quantitative estimate of drug-likeness (QED) is 0.865. The van der Waals surface area contributed by atoms with E-state index in [2.05, 4.69) is 58.2 Å². The van der Waals surface area contributed by atoms with Crippen LogP contribution in [0.4, 0.5) is 5.69 Å². The molecule has 1 saturated heterocycles. The molecule has 19 heavy (non-hydrogen) atoms. The fourth-order valence-electron chi connectivity index (χ4n) is 2.62. The molecule has 2 rings (SSSR count). The fourth-order valence-corrected chi connectivity index (χ4v) is 3.05. The van der Waals surface area contributed by atoms with Crippen molar-refractivity contribution < 1.29 is 0 Å². The molecule has 0 aliphatic carbocycles. The fraction of sp³-hybridized carbons (Fsp3) is 0.625. The average molecular weight is 325 g/mol. The van der Waals surface area contributed by atoms with Crippen molar-refractivity contribution in [3.05, 3.63) is 28.7 Å². The van der Waals surface area contributed by atoms with Gasteiger partial charge in [0.25, 0.3) is 0 Å². The number of hydrogen-bond donors (Lipinski definition) is 1. The number of nitrogens with one attached hydrogen (secondary N) is 1. The number of benzene rings is 1. The Morgan fingerprint density at radius 2 is 1.95 bits per heavy atom. The Kier molecular flexibility index (Phi) is 5.28. The molecule has 1 fully saturated rings. The van der Waals surface area contributed by atoms with Crippen molar-refractivity contribution in [1.29, 1.82) is 0 Å². The van der Waals surface area contributed by atoms with Gasteiger partial charge in [-0.2, -0.15) is 0 Å². The minimum absolute atomic E-state index is 0.590.